The summed E-state index contributed by atoms with van der Waals surface area (Å²) in [5.74, 6) is 1.95. The second-order valence-electron chi connectivity index (χ2n) is 5.56. The number of hydrogen-bond donors (Lipinski definition) is 0. The van der Waals surface area contributed by atoms with E-state index in [9.17, 15) is 4.79 Å². The Morgan fingerprint density at radius 2 is 1.88 bits per heavy atom. The van der Waals surface area contributed by atoms with Crippen molar-refractivity contribution in [3.05, 3.63) is 0 Å². The van der Waals surface area contributed by atoms with Crippen LogP contribution < -0.4 is 0 Å². The number of carbonyl (C=O) groups excluding carboxylic acids is 1. The zero-order valence-corrected chi connectivity index (χ0v) is 11.1. The predicted molar refractivity (Wildman–Crippen MR) is 69.5 cm³/mol. The van der Waals surface area contributed by atoms with Crippen LogP contribution in [0.3, 0.4) is 0 Å². The largest absolute Gasteiger partial charge is 0.300 e. The molecule has 0 N–H and O–H groups in total. The Morgan fingerprint density at radius 3 is 2.44 bits per heavy atom. The molecule has 1 fully saturated rings. The Labute approximate surface area is 101 Å². The van der Waals surface area contributed by atoms with E-state index in [1.54, 1.807) is 6.92 Å². The molecule has 0 aromatic carbocycles. The van der Waals surface area contributed by atoms with Crippen LogP contribution in [0.4, 0.5) is 0 Å². The van der Waals surface area contributed by atoms with Crippen LogP contribution in [-0.2, 0) is 4.79 Å². The third-order valence-corrected chi connectivity index (χ3v) is 4.04. The maximum Gasteiger partial charge on any atom is 0.130 e. The van der Waals surface area contributed by atoms with Crippen LogP contribution in [-0.4, -0.2) is 5.78 Å². The molecule has 0 bridgehead atoms. The first-order valence-electron chi connectivity index (χ1n) is 7.23. The molecule has 1 rings (SSSR count). The average Bonchev–Trinajstić information content (AvgIpc) is 2.29. The first-order chi connectivity index (χ1) is 7.74. The number of rotatable bonds is 7. The van der Waals surface area contributed by atoms with Gasteiger partial charge in [0, 0.05) is 6.42 Å². The SMILES string of the molecule is CCCCCC(CC(C)=O)C1CCCCC1. The van der Waals surface area contributed by atoms with Crippen molar-refractivity contribution in [1.29, 1.82) is 0 Å². The zero-order valence-electron chi connectivity index (χ0n) is 11.1. The standard InChI is InChI=1S/C15H28O/c1-3-4-6-11-15(12-13(2)16)14-9-7-5-8-10-14/h14-15H,3-12H2,1-2H3. The van der Waals surface area contributed by atoms with Gasteiger partial charge in [-0.25, -0.2) is 0 Å². The molecule has 1 aliphatic carbocycles. The van der Waals surface area contributed by atoms with Gasteiger partial charge in [0.25, 0.3) is 0 Å². The molecule has 0 amide bonds. The van der Waals surface area contributed by atoms with Crippen LogP contribution in [0.2, 0.25) is 0 Å². The fraction of sp³-hybridized carbons (Fsp3) is 0.933. The molecule has 16 heavy (non-hydrogen) atoms. The van der Waals surface area contributed by atoms with E-state index in [0.717, 1.165) is 12.3 Å². The van der Waals surface area contributed by atoms with Gasteiger partial charge in [0.2, 0.25) is 0 Å². The van der Waals surface area contributed by atoms with Gasteiger partial charge in [0.15, 0.2) is 0 Å². The fourth-order valence-electron chi connectivity index (χ4n) is 3.14. The average molecular weight is 224 g/mol. The van der Waals surface area contributed by atoms with Crippen molar-refractivity contribution < 1.29 is 4.79 Å². The minimum absolute atomic E-state index is 0.395. The molecule has 1 aliphatic rings. The lowest BCUT2D eigenvalue weighted by Crippen LogP contribution is -2.20. The van der Waals surface area contributed by atoms with E-state index in [-0.39, 0.29) is 0 Å². The quantitative estimate of drug-likeness (QED) is 0.571. The predicted octanol–water partition coefficient (Wildman–Crippen LogP) is 4.74. The van der Waals surface area contributed by atoms with Crippen molar-refractivity contribution in [3.63, 3.8) is 0 Å². The third-order valence-electron chi connectivity index (χ3n) is 4.04. The van der Waals surface area contributed by atoms with Crippen LogP contribution in [0.5, 0.6) is 0 Å². The Bertz CT molecular complexity index is 192. The Hall–Kier alpha value is -0.330. The van der Waals surface area contributed by atoms with E-state index < -0.39 is 0 Å². The fourth-order valence-corrected chi connectivity index (χ4v) is 3.14. The summed E-state index contributed by atoms with van der Waals surface area (Å²) in [6, 6.07) is 0. The summed E-state index contributed by atoms with van der Waals surface area (Å²) in [4.78, 5) is 11.3. The van der Waals surface area contributed by atoms with E-state index >= 15 is 0 Å². The molecule has 1 atom stereocenters. The molecule has 1 nitrogen and oxygen atoms in total. The summed E-state index contributed by atoms with van der Waals surface area (Å²) in [5, 5.41) is 0. The Balaban J connectivity index is 2.37. The van der Waals surface area contributed by atoms with E-state index in [0.29, 0.717) is 11.7 Å². The number of carbonyl (C=O) groups is 1. The molecule has 0 heterocycles. The van der Waals surface area contributed by atoms with Crippen molar-refractivity contribution in [2.45, 2.75) is 78.1 Å². The second kappa shape index (κ2) is 7.86. The van der Waals surface area contributed by atoms with E-state index in [4.69, 9.17) is 0 Å². The highest BCUT2D eigenvalue weighted by Crippen LogP contribution is 2.34. The number of unbranched alkanes of at least 4 members (excludes halogenated alkanes) is 2. The minimum atomic E-state index is 0.395. The van der Waals surface area contributed by atoms with Gasteiger partial charge in [0.1, 0.15) is 5.78 Å². The summed E-state index contributed by atoms with van der Waals surface area (Å²) in [7, 11) is 0. The van der Waals surface area contributed by atoms with Gasteiger partial charge in [0.05, 0.1) is 0 Å². The molecular formula is C15H28O. The van der Waals surface area contributed by atoms with Gasteiger partial charge in [-0.3, -0.25) is 0 Å². The summed E-state index contributed by atoms with van der Waals surface area (Å²) in [6.45, 7) is 4.01. The molecule has 94 valence electrons. The third kappa shape index (κ3) is 5.14. The Kier molecular flexibility index (Phi) is 6.75. The van der Waals surface area contributed by atoms with Crippen molar-refractivity contribution in [1.82, 2.24) is 0 Å². The molecular weight excluding hydrogens is 196 g/mol. The lowest BCUT2D eigenvalue weighted by Gasteiger charge is -2.29. The van der Waals surface area contributed by atoms with Crippen molar-refractivity contribution in [2.24, 2.45) is 11.8 Å². The summed E-state index contributed by atoms with van der Waals surface area (Å²) >= 11 is 0. The number of Topliss-reactive ketones (excluding diaryl/α,β-unsaturated/α-hetero) is 1. The van der Waals surface area contributed by atoms with Crippen LogP contribution >= 0.6 is 0 Å². The topological polar surface area (TPSA) is 17.1 Å². The monoisotopic (exact) mass is 224 g/mol. The molecule has 0 aliphatic heterocycles. The molecule has 0 aromatic rings. The van der Waals surface area contributed by atoms with Crippen molar-refractivity contribution in [3.8, 4) is 0 Å². The van der Waals surface area contributed by atoms with Gasteiger partial charge < -0.3 is 4.79 Å². The number of ketones is 1. The highest BCUT2D eigenvalue weighted by molar-refractivity contribution is 5.75. The molecule has 1 heteroatoms. The minimum Gasteiger partial charge on any atom is -0.300 e. The molecule has 0 saturated heterocycles. The lowest BCUT2D eigenvalue weighted by molar-refractivity contribution is -0.118. The Morgan fingerprint density at radius 1 is 1.19 bits per heavy atom. The van der Waals surface area contributed by atoms with E-state index in [1.807, 2.05) is 0 Å². The maximum atomic E-state index is 11.3. The first-order valence-corrected chi connectivity index (χ1v) is 7.23. The van der Waals surface area contributed by atoms with E-state index in [1.165, 1.54) is 57.8 Å². The highest BCUT2D eigenvalue weighted by Gasteiger charge is 2.24. The molecule has 0 aromatic heterocycles. The van der Waals surface area contributed by atoms with Gasteiger partial charge in [-0.15, -0.1) is 0 Å². The zero-order chi connectivity index (χ0) is 11.8. The lowest BCUT2D eigenvalue weighted by atomic mass is 9.76. The van der Waals surface area contributed by atoms with Gasteiger partial charge in [-0.2, -0.15) is 0 Å². The van der Waals surface area contributed by atoms with Crippen molar-refractivity contribution >= 4 is 5.78 Å². The molecule has 0 radical (unpaired) electrons. The summed E-state index contributed by atoms with van der Waals surface area (Å²) in [6.07, 6.45) is 13.0. The molecule has 1 unspecified atom stereocenters. The second-order valence-corrected chi connectivity index (χ2v) is 5.56. The van der Waals surface area contributed by atoms with Crippen LogP contribution in [0.15, 0.2) is 0 Å². The smallest absolute Gasteiger partial charge is 0.130 e. The van der Waals surface area contributed by atoms with Gasteiger partial charge in [-0.05, 0) is 25.2 Å². The van der Waals surface area contributed by atoms with Crippen LogP contribution in [0.1, 0.15) is 78.1 Å². The normalized spacial score (nSPS) is 19.6. The van der Waals surface area contributed by atoms with Gasteiger partial charge in [-0.1, -0.05) is 58.3 Å². The van der Waals surface area contributed by atoms with Crippen LogP contribution in [0, 0.1) is 11.8 Å². The number of hydrogen-bond acceptors (Lipinski definition) is 1. The first kappa shape index (κ1) is 13.7. The summed E-state index contributed by atoms with van der Waals surface area (Å²) < 4.78 is 0. The van der Waals surface area contributed by atoms with E-state index in [2.05, 4.69) is 6.92 Å². The van der Waals surface area contributed by atoms with Gasteiger partial charge >= 0.3 is 0 Å². The maximum absolute atomic E-state index is 11.3. The summed E-state index contributed by atoms with van der Waals surface area (Å²) in [5.41, 5.74) is 0. The molecule has 1 saturated carbocycles. The molecule has 0 spiro atoms. The van der Waals surface area contributed by atoms with Crippen molar-refractivity contribution in [2.75, 3.05) is 0 Å². The highest BCUT2D eigenvalue weighted by atomic mass is 16.1. The van der Waals surface area contributed by atoms with Crippen LogP contribution in [0.25, 0.3) is 0 Å².